The van der Waals surface area contributed by atoms with Crippen molar-refractivity contribution in [2.24, 2.45) is 5.73 Å². The highest BCUT2D eigenvalue weighted by Gasteiger charge is 1.96. The maximum Gasteiger partial charge on any atom is 0.0545 e. The van der Waals surface area contributed by atoms with Crippen LogP contribution in [0.4, 0.5) is 0 Å². The molecule has 0 spiro atoms. The predicted molar refractivity (Wildman–Crippen MR) is 40.8 cm³/mol. The topological polar surface area (TPSA) is 29.3 Å². The summed E-state index contributed by atoms with van der Waals surface area (Å²) in [4.78, 5) is 1.93. The van der Waals surface area contributed by atoms with Crippen LogP contribution >= 0.6 is 0 Å². The van der Waals surface area contributed by atoms with Crippen molar-refractivity contribution in [3.63, 3.8) is 0 Å². The monoisotopic (exact) mass is 126 g/mol. The maximum absolute atomic E-state index is 5.44. The summed E-state index contributed by atoms with van der Waals surface area (Å²) in [6.45, 7) is 5.55. The Morgan fingerprint density at radius 2 is 2.00 bits per heavy atom. The molecule has 0 saturated carbocycles. The van der Waals surface area contributed by atoms with Gasteiger partial charge in [-0.25, -0.2) is 0 Å². The average Bonchev–Trinajstić information content (AvgIpc) is 1.64. The second kappa shape index (κ2) is 3.17. The van der Waals surface area contributed by atoms with E-state index in [1.165, 1.54) is 0 Å². The summed E-state index contributed by atoms with van der Waals surface area (Å²) in [5.41, 5.74) is 7.04. The van der Waals surface area contributed by atoms with Gasteiger partial charge in [-0.3, -0.25) is 0 Å². The van der Waals surface area contributed by atoms with Gasteiger partial charge in [0.25, 0.3) is 0 Å². The molecule has 0 saturated heterocycles. The third-order valence-electron chi connectivity index (χ3n) is 1.08. The lowest BCUT2D eigenvalue weighted by Crippen LogP contribution is -2.16. The summed E-state index contributed by atoms with van der Waals surface area (Å²) in [6.07, 6.45) is 1.93. The summed E-state index contributed by atoms with van der Waals surface area (Å²) in [5.74, 6) is 0. The van der Waals surface area contributed by atoms with Crippen LogP contribution in [-0.2, 0) is 0 Å². The fourth-order valence-corrected chi connectivity index (χ4v) is 0.731. The van der Waals surface area contributed by atoms with Crippen molar-refractivity contribution in [1.29, 1.82) is 0 Å². The molecular formula is C7H14N2. The molecule has 9 heavy (non-hydrogen) atoms. The number of hydrogen-bond acceptors (Lipinski definition) is 2. The van der Waals surface area contributed by atoms with Gasteiger partial charge >= 0.3 is 0 Å². The van der Waals surface area contributed by atoms with Crippen molar-refractivity contribution in [3.05, 3.63) is 24.0 Å². The maximum atomic E-state index is 5.44. The molecular weight excluding hydrogens is 112 g/mol. The minimum absolute atomic E-state index is 0.613. The molecule has 0 unspecified atom stereocenters. The Labute approximate surface area is 56.6 Å². The van der Waals surface area contributed by atoms with Gasteiger partial charge in [0.05, 0.1) is 5.70 Å². The zero-order valence-corrected chi connectivity index (χ0v) is 6.31. The lowest BCUT2D eigenvalue weighted by molar-refractivity contribution is 0.519. The molecule has 0 aromatic rings. The normalized spacial score (nSPS) is 11.2. The molecule has 0 radical (unpaired) electrons. The van der Waals surface area contributed by atoms with E-state index < -0.39 is 0 Å². The van der Waals surface area contributed by atoms with Gasteiger partial charge in [0, 0.05) is 19.8 Å². The fraction of sp³-hybridized carbons (Fsp3) is 0.429. The van der Waals surface area contributed by atoms with E-state index in [0.717, 1.165) is 5.70 Å². The zero-order chi connectivity index (χ0) is 7.44. The van der Waals surface area contributed by atoms with Gasteiger partial charge in [0.2, 0.25) is 0 Å². The first-order chi connectivity index (χ1) is 4.09. The molecule has 0 rings (SSSR count). The van der Waals surface area contributed by atoms with Gasteiger partial charge < -0.3 is 10.6 Å². The molecule has 0 atom stereocenters. The second-order valence-electron chi connectivity index (χ2n) is 2.09. The highest BCUT2D eigenvalue weighted by molar-refractivity contribution is 5.22. The van der Waals surface area contributed by atoms with Crippen molar-refractivity contribution >= 4 is 0 Å². The van der Waals surface area contributed by atoms with Crippen LogP contribution in [0.15, 0.2) is 24.0 Å². The van der Waals surface area contributed by atoms with Gasteiger partial charge in [-0.1, -0.05) is 12.7 Å². The minimum Gasteiger partial charge on any atom is -0.398 e. The molecule has 2 N–H and O–H groups in total. The first-order valence-corrected chi connectivity index (χ1v) is 2.88. The molecule has 0 bridgehead atoms. The van der Waals surface area contributed by atoms with Gasteiger partial charge in [0.15, 0.2) is 0 Å². The number of rotatable bonds is 2. The molecule has 0 fully saturated rings. The largest absolute Gasteiger partial charge is 0.398 e. The van der Waals surface area contributed by atoms with Crippen molar-refractivity contribution < 1.29 is 0 Å². The lowest BCUT2D eigenvalue weighted by Gasteiger charge is -2.15. The summed E-state index contributed by atoms with van der Waals surface area (Å²) in [7, 11) is 3.88. The van der Waals surface area contributed by atoms with Crippen LogP contribution in [0.3, 0.4) is 0 Å². The molecule has 52 valence electrons. The van der Waals surface area contributed by atoms with Crippen molar-refractivity contribution in [2.75, 3.05) is 14.1 Å². The average molecular weight is 126 g/mol. The number of hydrogen-bond donors (Lipinski definition) is 1. The standard InChI is InChI=1S/C7H14N2/c1-5-7(6(2)8)9(3)4/h5H,2,8H2,1,3-4H3/b7-5+. The number of nitrogens with zero attached hydrogens (tertiary/aromatic N) is 1. The highest BCUT2D eigenvalue weighted by atomic mass is 15.1. The third-order valence-corrected chi connectivity index (χ3v) is 1.08. The van der Waals surface area contributed by atoms with Gasteiger partial charge in [-0.2, -0.15) is 0 Å². The summed E-state index contributed by atoms with van der Waals surface area (Å²) in [6, 6.07) is 0. The Morgan fingerprint density at radius 3 is 2.00 bits per heavy atom. The second-order valence-corrected chi connectivity index (χ2v) is 2.09. The van der Waals surface area contributed by atoms with E-state index in [2.05, 4.69) is 6.58 Å². The summed E-state index contributed by atoms with van der Waals surface area (Å²) in [5, 5.41) is 0. The van der Waals surface area contributed by atoms with Crippen molar-refractivity contribution in [2.45, 2.75) is 6.92 Å². The molecule has 0 aromatic carbocycles. The summed E-state index contributed by atoms with van der Waals surface area (Å²) >= 11 is 0. The van der Waals surface area contributed by atoms with E-state index in [1.54, 1.807) is 0 Å². The van der Waals surface area contributed by atoms with Crippen LogP contribution in [0.2, 0.25) is 0 Å². The van der Waals surface area contributed by atoms with Crippen LogP contribution in [-0.4, -0.2) is 19.0 Å². The predicted octanol–water partition coefficient (Wildman–Crippen LogP) is 0.924. The first kappa shape index (κ1) is 8.08. The van der Waals surface area contributed by atoms with Gasteiger partial charge in [-0.05, 0) is 6.92 Å². The molecule has 2 nitrogen and oxygen atoms in total. The quantitative estimate of drug-likeness (QED) is 0.557. The molecule has 0 heterocycles. The minimum atomic E-state index is 0.613. The molecule has 0 amide bonds. The van der Waals surface area contributed by atoms with Crippen LogP contribution in [0.5, 0.6) is 0 Å². The molecule has 0 aromatic heterocycles. The summed E-state index contributed by atoms with van der Waals surface area (Å²) < 4.78 is 0. The van der Waals surface area contributed by atoms with E-state index in [-0.39, 0.29) is 0 Å². The lowest BCUT2D eigenvalue weighted by atomic mass is 10.3. The number of allylic oxidation sites excluding steroid dienone is 1. The Hall–Kier alpha value is -0.920. The van der Waals surface area contributed by atoms with E-state index in [1.807, 2.05) is 32.0 Å². The third kappa shape index (κ3) is 2.22. The van der Waals surface area contributed by atoms with Crippen molar-refractivity contribution in [3.8, 4) is 0 Å². The first-order valence-electron chi connectivity index (χ1n) is 2.88. The molecule has 0 aliphatic rings. The fourth-order valence-electron chi connectivity index (χ4n) is 0.731. The Kier molecular flexibility index (Phi) is 2.85. The zero-order valence-electron chi connectivity index (χ0n) is 6.31. The van der Waals surface area contributed by atoms with Crippen LogP contribution < -0.4 is 5.73 Å². The van der Waals surface area contributed by atoms with E-state index in [4.69, 9.17) is 5.73 Å². The highest BCUT2D eigenvalue weighted by Crippen LogP contribution is 2.02. The van der Waals surface area contributed by atoms with Crippen LogP contribution in [0.25, 0.3) is 0 Å². The molecule has 0 aliphatic carbocycles. The van der Waals surface area contributed by atoms with Crippen molar-refractivity contribution in [1.82, 2.24) is 4.90 Å². The smallest absolute Gasteiger partial charge is 0.0545 e. The Morgan fingerprint density at radius 1 is 1.56 bits per heavy atom. The van der Waals surface area contributed by atoms with E-state index in [0.29, 0.717) is 5.70 Å². The van der Waals surface area contributed by atoms with Crippen LogP contribution in [0, 0.1) is 0 Å². The Balaban J connectivity index is 4.19. The Bertz CT molecular complexity index is 134. The van der Waals surface area contributed by atoms with E-state index in [9.17, 15) is 0 Å². The van der Waals surface area contributed by atoms with Crippen LogP contribution in [0.1, 0.15) is 6.92 Å². The van der Waals surface area contributed by atoms with Gasteiger partial charge in [-0.15, -0.1) is 0 Å². The van der Waals surface area contributed by atoms with Gasteiger partial charge in [0.1, 0.15) is 0 Å². The number of nitrogens with two attached hydrogens (primary N) is 1. The molecule has 2 heteroatoms. The number of likely N-dealkylation sites (N-methyl/N-ethyl adjacent to an activating group) is 1. The van der Waals surface area contributed by atoms with E-state index >= 15 is 0 Å². The molecule has 0 aliphatic heterocycles. The SMILES string of the molecule is C=C(N)/C(=C\C)N(C)C.